The number of hydrogen-bond donors (Lipinski definition) is 1. The number of sulfonamides is 1. The summed E-state index contributed by atoms with van der Waals surface area (Å²) in [4.78, 5) is 12.3. The largest absolute Gasteiger partial charge is 0.324 e. The Morgan fingerprint density at radius 2 is 1.80 bits per heavy atom. The summed E-state index contributed by atoms with van der Waals surface area (Å²) in [6.45, 7) is 1.67. The van der Waals surface area contributed by atoms with Gasteiger partial charge in [0.05, 0.1) is 24.1 Å². The molecule has 0 heterocycles. The number of hydrogen-bond acceptors (Lipinski definition) is 4. The molecule has 0 saturated carbocycles. The standard InChI is InChI=1S/C18H19N3O3S/c1-14-7-3-4-9-16(14)12-21(25(2,23)24)13-18(22)20-17-10-6-5-8-15(17)11-19/h3-10H,12-13H2,1-2H3,(H,20,22). The highest BCUT2D eigenvalue weighted by molar-refractivity contribution is 7.88. The summed E-state index contributed by atoms with van der Waals surface area (Å²) in [6.07, 6.45) is 1.07. The van der Waals surface area contributed by atoms with Crippen molar-refractivity contribution in [1.29, 1.82) is 5.26 Å². The van der Waals surface area contributed by atoms with Crippen molar-refractivity contribution in [2.24, 2.45) is 0 Å². The first kappa shape index (κ1) is 18.6. The SMILES string of the molecule is Cc1ccccc1CN(CC(=O)Nc1ccccc1C#N)S(C)(=O)=O. The van der Waals surface area contributed by atoms with Crippen molar-refractivity contribution in [2.45, 2.75) is 13.5 Å². The van der Waals surface area contributed by atoms with Crippen molar-refractivity contribution < 1.29 is 13.2 Å². The molecule has 0 fully saturated rings. The highest BCUT2D eigenvalue weighted by atomic mass is 32.2. The molecule has 7 heteroatoms. The summed E-state index contributed by atoms with van der Waals surface area (Å²) in [7, 11) is -3.58. The van der Waals surface area contributed by atoms with E-state index in [0.717, 1.165) is 21.7 Å². The number of anilines is 1. The molecule has 0 bridgehead atoms. The first-order valence-electron chi connectivity index (χ1n) is 7.60. The molecule has 0 aliphatic heterocycles. The average molecular weight is 357 g/mol. The molecule has 2 rings (SSSR count). The summed E-state index contributed by atoms with van der Waals surface area (Å²) >= 11 is 0. The highest BCUT2D eigenvalue weighted by Crippen LogP contribution is 2.15. The lowest BCUT2D eigenvalue weighted by Crippen LogP contribution is -2.37. The Balaban J connectivity index is 2.16. The summed E-state index contributed by atoms with van der Waals surface area (Å²) in [5.74, 6) is -0.498. The van der Waals surface area contributed by atoms with Gasteiger partial charge >= 0.3 is 0 Å². The van der Waals surface area contributed by atoms with Crippen molar-refractivity contribution in [2.75, 3.05) is 18.1 Å². The Hall–Kier alpha value is -2.69. The lowest BCUT2D eigenvalue weighted by Gasteiger charge is -2.20. The van der Waals surface area contributed by atoms with Gasteiger partial charge < -0.3 is 5.32 Å². The smallest absolute Gasteiger partial charge is 0.239 e. The van der Waals surface area contributed by atoms with Crippen molar-refractivity contribution in [1.82, 2.24) is 4.31 Å². The van der Waals surface area contributed by atoms with Gasteiger partial charge in [-0.2, -0.15) is 9.57 Å². The second-order valence-corrected chi connectivity index (χ2v) is 7.65. The van der Waals surface area contributed by atoms with Gasteiger partial charge in [0, 0.05) is 6.54 Å². The van der Waals surface area contributed by atoms with E-state index >= 15 is 0 Å². The molecule has 0 aliphatic carbocycles. The van der Waals surface area contributed by atoms with Crippen molar-refractivity contribution in [3.05, 3.63) is 65.2 Å². The second-order valence-electron chi connectivity index (χ2n) is 5.66. The molecule has 0 atom stereocenters. The first-order chi connectivity index (χ1) is 11.8. The predicted octanol–water partition coefficient (Wildman–Crippen LogP) is 2.27. The van der Waals surface area contributed by atoms with E-state index in [1.165, 1.54) is 0 Å². The molecule has 6 nitrogen and oxygen atoms in total. The summed E-state index contributed by atoms with van der Waals surface area (Å²) < 4.78 is 25.2. The third-order valence-electron chi connectivity index (χ3n) is 3.72. The quantitative estimate of drug-likeness (QED) is 0.859. The molecule has 0 saturated heterocycles. The van der Waals surface area contributed by atoms with Gasteiger partial charge in [0.1, 0.15) is 6.07 Å². The number of nitrogens with one attached hydrogen (secondary N) is 1. The van der Waals surface area contributed by atoms with E-state index in [2.05, 4.69) is 5.32 Å². The number of carbonyl (C=O) groups excluding carboxylic acids is 1. The monoisotopic (exact) mass is 357 g/mol. The maximum Gasteiger partial charge on any atom is 0.239 e. The zero-order valence-corrected chi connectivity index (χ0v) is 14.9. The molecular weight excluding hydrogens is 338 g/mol. The van der Waals surface area contributed by atoms with Crippen LogP contribution in [0.2, 0.25) is 0 Å². The van der Waals surface area contributed by atoms with E-state index in [1.807, 2.05) is 37.3 Å². The molecule has 0 aliphatic rings. The molecule has 25 heavy (non-hydrogen) atoms. The lowest BCUT2D eigenvalue weighted by molar-refractivity contribution is -0.116. The number of aryl methyl sites for hydroxylation is 1. The Morgan fingerprint density at radius 1 is 1.16 bits per heavy atom. The molecule has 1 amide bonds. The second kappa shape index (κ2) is 7.92. The van der Waals surface area contributed by atoms with Gasteiger partial charge in [-0.3, -0.25) is 4.79 Å². The zero-order chi connectivity index (χ0) is 18.4. The van der Waals surface area contributed by atoms with Crippen LogP contribution in [0.3, 0.4) is 0 Å². The van der Waals surface area contributed by atoms with Crippen LogP contribution in [0.25, 0.3) is 0 Å². The van der Waals surface area contributed by atoms with Crippen LogP contribution in [0.1, 0.15) is 16.7 Å². The third kappa shape index (κ3) is 5.14. The van der Waals surface area contributed by atoms with Crippen molar-refractivity contribution >= 4 is 21.6 Å². The van der Waals surface area contributed by atoms with Gasteiger partial charge in [-0.25, -0.2) is 8.42 Å². The lowest BCUT2D eigenvalue weighted by atomic mass is 10.1. The summed E-state index contributed by atoms with van der Waals surface area (Å²) in [5.41, 5.74) is 2.46. The predicted molar refractivity (Wildman–Crippen MR) is 96.2 cm³/mol. The number of benzene rings is 2. The summed E-state index contributed by atoms with van der Waals surface area (Å²) in [5, 5.41) is 11.7. The molecule has 1 N–H and O–H groups in total. The fraction of sp³-hybridized carbons (Fsp3) is 0.222. The van der Waals surface area contributed by atoms with E-state index in [-0.39, 0.29) is 13.1 Å². The fourth-order valence-electron chi connectivity index (χ4n) is 2.31. The van der Waals surface area contributed by atoms with Crippen LogP contribution in [-0.2, 0) is 21.4 Å². The molecule has 0 aromatic heterocycles. The fourth-order valence-corrected chi connectivity index (χ4v) is 3.03. The van der Waals surface area contributed by atoms with Crippen LogP contribution in [0, 0.1) is 18.3 Å². The first-order valence-corrected chi connectivity index (χ1v) is 9.44. The van der Waals surface area contributed by atoms with Crippen molar-refractivity contribution in [3.63, 3.8) is 0 Å². The van der Waals surface area contributed by atoms with Crippen LogP contribution in [-0.4, -0.2) is 31.4 Å². The van der Waals surface area contributed by atoms with Crippen LogP contribution < -0.4 is 5.32 Å². The topological polar surface area (TPSA) is 90.3 Å². The number of nitriles is 1. The van der Waals surface area contributed by atoms with Gasteiger partial charge in [-0.05, 0) is 30.2 Å². The normalized spacial score (nSPS) is 11.1. The van der Waals surface area contributed by atoms with E-state index in [1.54, 1.807) is 24.3 Å². The van der Waals surface area contributed by atoms with Crippen LogP contribution in [0.5, 0.6) is 0 Å². The van der Waals surface area contributed by atoms with E-state index in [4.69, 9.17) is 5.26 Å². The summed E-state index contributed by atoms with van der Waals surface area (Å²) in [6, 6.07) is 16.0. The van der Waals surface area contributed by atoms with E-state index in [0.29, 0.717) is 11.3 Å². The van der Waals surface area contributed by atoms with Crippen LogP contribution in [0.15, 0.2) is 48.5 Å². The Labute approximate surface area is 147 Å². The average Bonchev–Trinajstić information content (AvgIpc) is 2.55. The minimum atomic E-state index is -3.58. The molecule has 0 spiro atoms. The highest BCUT2D eigenvalue weighted by Gasteiger charge is 2.21. The minimum Gasteiger partial charge on any atom is -0.324 e. The van der Waals surface area contributed by atoms with Gasteiger partial charge in [-0.1, -0.05) is 36.4 Å². The van der Waals surface area contributed by atoms with E-state index < -0.39 is 15.9 Å². The van der Waals surface area contributed by atoms with Gasteiger partial charge in [-0.15, -0.1) is 0 Å². The Kier molecular flexibility index (Phi) is 5.91. The van der Waals surface area contributed by atoms with Crippen LogP contribution in [0.4, 0.5) is 5.69 Å². The van der Waals surface area contributed by atoms with Crippen LogP contribution >= 0.6 is 0 Å². The van der Waals surface area contributed by atoms with Crippen molar-refractivity contribution in [3.8, 4) is 6.07 Å². The molecular formula is C18H19N3O3S. The molecule has 2 aromatic carbocycles. The maximum absolute atomic E-state index is 12.3. The number of para-hydroxylation sites is 1. The number of nitrogens with zero attached hydrogens (tertiary/aromatic N) is 2. The Morgan fingerprint density at radius 3 is 2.44 bits per heavy atom. The number of amides is 1. The molecule has 2 aromatic rings. The maximum atomic E-state index is 12.3. The zero-order valence-electron chi connectivity index (χ0n) is 14.1. The number of rotatable bonds is 6. The number of carbonyl (C=O) groups is 1. The van der Waals surface area contributed by atoms with Gasteiger partial charge in [0.2, 0.25) is 15.9 Å². The minimum absolute atomic E-state index is 0.110. The third-order valence-corrected chi connectivity index (χ3v) is 4.91. The molecule has 0 radical (unpaired) electrons. The molecule has 0 unspecified atom stereocenters. The van der Waals surface area contributed by atoms with Gasteiger partial charge in [0.25, 0.3) is 0 Å². The molecule has 130 valence electrons. The van der Waals surface area contributed by atoms with Gasteiger partial charge in [0.15, 0.2) is 0 Å². The van der Waals surface area contributed by atoms with E-state index in [9.17, 15) is 13.2 Å². The Bertz CT molecular complexity index is 917.